The van der Waals surface area contributed by atoms with Gasteiger partial charge in [-0.25, -0.2) is 9.97 Å². The predicted molar refractivity (Wildman–Crippen MR) is 92.4 cm³/mol. The number of nitrogens with one attached hydrogen (secondary N) is 2. The number of para-hydroxylation sites is 3. The van der Waals surface area contributed by atoms with Crippen LogP contribution in [-0.2, 0) is 0 Å². The number of methoxy groups -OCH3 is 1. The summed E-state index contributed by atoms with van der Waals surface area (Å²) in [5, 5.41) is 6.36. The lowest BCUT2D eigenvalue weighted by molar-refractivity contribution is 0.417. The molecule has 0 aliphatic rings. The molecule has 0 spiro atoms. The number of hydrogen-bond acceptors (Lipinski definition) is 6. The first kappa shape index (κ1) is 14.6. The fraction of sp³-hybridized carbons (Fsp3) is 0.0588. The van der Waals surface area contributed by atoms with Gasteiger partial charge in [0.15, 0.2) is 11.6 Å². The highest BCUT2D eigenvalue weighted by molar-refractivity contribution is 5.81. The van der Waals surface area contributed by atoms with E-state index in [4.69, 9.17) is 10.5 Å². The summed E-state index contributed by atoms with van der Waals surface area (Å²) >= 11 is 0. The number of benzene rings is 2. The zero-order chi connectivity index (χ0) is 16.1. The van der Waals surface area contributed by atoms with Crippen LogP contribution >= 0.6 is 0 Å². The maximum Gasteiger partial charge on any atom is 0.159 e. The lowest BCUT2D eigenvalue weighted by atomic mass is 10.3. The predicted octanol–water partition coefficient (Wildman–Crippen LogP) is 3.55. The van der Waals surface area contributed by atoms with Crippen molar-refractivity contribution in [3.05, 3.63) is 60.9 Å². The van der Waals surface area contributed by atoms with Gasteiger partial charge in [0.05, 0.1) is 12.8 Å². The van der Waals surface area contributed by atoms with Crippen LogP contribution in [0.2, 0.25) is 0 Å². The summed E-state index contributed by atoms with van der Waals surface area (Å²) in [6.07, 6.45) is 1.46. The van der Waals surface area contributed by atoms with Crippen LogP contribution in [0.1, 0.15) is 0 Å². The van der Waals surface area contributed by atoms with Gasteiger partial charge in [-0.3, -0.25) is 0 Å². The minimum atomic E-state index is 0.433. The molecular formula is C17H17N5O. The standard InChI is InChI=1S/C17H17N5O/c1-23-14-10-6-5-9-13(14)22-17-15(18)16(19-11-20-17)21-12-7-3-2-4-8-12/h2-11H,18H2,1H3,(H2,19,20,21,22). The summed E-state index contributed by atoms with van der Waals surface area (Å²) in [4.78, 5) is 8.41. The van der Waals surface area contributed by atoms with E-state index in [1.807, 2.05) is 54.6 Å². The summed E-state index contributed by atoms with van der Waals surface area (Å²) < 4.78 is 5.32. The van der Waals surface area contributed by atoms with E-state index in [9.17, 15) is 0 Å². The number of ether oxygens (including phenoxy) is 1. The van der Waals surface area contributed by atoms with E-state index in [-0.39, 0.29) is 0 Å². The smallest absolute Gasteiger partial charge is 0.159 e. The molecule has 3 aromatic rings. The van der Waals surface area contributed by atoms with E-state index in [1.165, 1.54) is 6.33 Å². The summed E-state index contributed by atoms with van der Waals surface area (Å²) in [6.45, 7) is 0. The highest BCUT2D eigenvalue weighted by Crippen LogP contribution is 2.31. The Hall–Kier alpha value is -3.28. The Balaban J connectivity index is 1.88. The summed E-state index contributed by atoms with van der Waals surface area (Å²) in [5.74, 6) is 1.77. The van der Waals surface area contributed by atoms with Gasteiger partial charge in [-0.1, -0.05) is 30.3 Å². The van der Waals surface area contributed by atoms with Crippen molar-refractivity contribution in [3.63, 3.8) is 0 Å². The Labute approximate surface area is 134 Å². The first-order valence-electron chi connectivity index (χ1n) is 7.10. The average Bonchev–Trinajstić information content (AvgIpc) is 2.60. The molecule has 0 fully saturated rings. The summed E-state index contributed by atoms with van der Waals surface area (Å²) in [7, 11) is 1.62. The first-order valence-corrected chi connectivity index (χ1v) is 7.10. The molecule has 23 heavy (non-hydrogen) atoms. The lowest BCUT2D eigenvalue weighted by Gasteiger charge is -2.14. The summed E-state index contributed by atoms with van der Waals surface area (Å²) in [5.41, 5.74) is 8.30. The Morgan fingerprint density at radius 1 is 0.870 bits per heavy atom. The molecule has 1 heterocycles. The van der Waals surface area contributed by atoms with E-state index < -0.39 is 0 Å². The number of anilines is 5. The zero-order valence-electron chi connectivity index (χ0n) is 12.7. The Morgan fingerprint density at radius 3 is 2.26 bits per heavy atom. The topological polar surface area (TPSA) is 85.1 Å². The van der Waals surface area contributed by atoms with Gasteiger partial charge in [0.1, 0.15) is 17.8 Å². The molecule has 0 aliphatic heterocycles. The van der Waals surface area contributed by atoms with Gasteiger partial charge in [0.25, 0.3) is 0 Å². The van der Waals surface area contributed by atoms with Gasteiger partial charge < -0.3 is 21.1 Å². The molecule has 4 N–H and O–H groups in total. The molecule has 1 aromatic heterocycles. The number of hydrogen-bond donors (Lipinski definition) is 3. The van der Waals surface area contributed by atoms with Gasteiger partial charge in [0.2, 0.25) is 0 Å². The van der Waals surface area contributed by atoms with Gasteiger partial charge in [-0.2, -0.15) is 0 Å². The third-order valence-corrected chi connectivity index (χ3v) is 3.28. The van der Waals surface area contributed by atoms with Crippen LogP contribution in [0.5, 0.6) is 5.75 Å². The van der Waals surface area contributed by atoms with Crippen LogP contribution in [-0.4, -0.2) is 17.1 Å². The maximum absolute atomic E-state index is 6.18. The van der Waals surface area contributed by atoms with Gasteiger partial charge in [0, 0.05) is 5.69 Å². The fourth-order valence-corrected chi connectivity index (χ4v) is 2.13. The number of nitrogens with zero attached hydrogens (tertiary/aromatic N) is 2. The van der Waals surface area contributed by atoms with Crippen molar-refractivity contribution < 1.29 is 4.74 Å². The minimum Gasteiger partial charge on any atom is -0.495 e. The van der Waals surface area contributed by atoms with Crippen molar-refractivity contribution in [2.24, 2.45) is 0 Å². The quantitative estimate of drug-likeness (QED) is 0.668. The van der Waals surface area contributed by atoms with Gasteiger partial charge in [-0.15, -0.1) is 0 Å². The van der Waals surface area contributed by atoms with Crippen molar-refractivity contribution in [1.29, 1.82) is 0 Å². The van der Waals surface area contributed by atoms with Crippen LogP contribution in [0, 0.1) is 0 Å². The third-order valence-electron chi connectivity index (χ3n) is 3.28. The second kappa shape index (κ2) is 6.65. The molecule has 6 nitrogen and oxygen atoms in total. The molecule has 2 aromatic carbocycles. The van der Waals surface area contributed by atoms with Crippen LogP contribution in [0.15, 0.2) is 60.9 Å². The normalized spacial score (nSPS) is 10.1. The monoisotopic (exact) mass is 307 g/mol. The van der Waals surface area contributed by atoms with Crippen molar-refractivity contribution in [1.82, 2.24) is 9.97 Å². The van der Waals surface area contributed by atoms with Crippen molar-refractivity contribution in [2.75, 3.05) is 23.5 Å². The highest BCUT2D eigenvalue weighted by Gasteiger charge is 2.10. The number of aromatic nitrogens is 2. The molecular weight excluding hydrogens is 290 g/mol. The van der Waals surface area contributed by atoms with Gasteiger partial charge in [-0.05, 0) is 24.3 Å². The van der Waals surface area contributed by atoms with Crippen LogP contribution in [0.3, 0.4) is 0 Å². The fourth-order valence-electron chi connectivity index (χ4n) is 2.13. The largest absolute Gasteiger partial charge is 0.495 e. The Kier molecular flexibility index (Phi) is 4.24. The molecule has 6 heteroatoms. The maximum atomic E-state index is 6.18. The zero-order valence-corrected chi connectivity index (χ0v) is 12.7. The minimum absolute atomic E-state index is 0.433. The Bertz CT molecular complexity index is 792. The molecule has 3 rings (SSSR count). The SMILES string of the molecule is COc1ccccc1Nc1ncnc(Nc2ccccc2)c1N. The van der Waals surface area contributed by atoms with E-state index in [0.29, 0.717) is 23.1 Å². The van der Waals surface area contributed by atoms with Crippen LogP contribution in [0.4, 0.5) is 28.7 Å². The average molecular weight is 307 g/mol. The molecule has 116 valence electrons. The van der Waals surface area contributed by atoms with Gasteiger partial charge >= 0.3 is 0 Å². The first-order chi connectivity index (χ1) is 11.3. The Morgan fingerprint density at radius 2 is 1.52 bits per heavy atom. The second-order valence-electron chi connectivity index (χ2n) is 4.80. The molecule has 0 bridgehead atoms. The van der Waals surface area contributed by atoms with Crippen molar-refractivity contribution >= 4 is 28.7 Å². The molecule has 0 atom stereocenters. The van der Waals surface area contributed by atoms with E-state index in [0.717, 1.165) is 11.4 Å². The number of nitrogen functional groups attached to an aromatic ring is 1. The second-order valence-corrected chi connectivity index (χ2v) is 4.80. The molecule has 0 radical (unpaired) electrons. The highest BCUT2D eigenvalue weighted by atomic mass is 16.5. The number of rotatable bonds is 5. The summed E-state index contributed by atoms with van der Waals surface area (Å²) in [6, 6.07) is 17.3. The molecule has 0 saturated heterocycles. The van der Waals surface area contributed by atoms with Crippen LogP contribution in [0.25, 0.3) is 0 Å². The molecule has 0 aliphatic carbocycles. The van der Waals surface area contributed by atoms with E-state index in [1.54, 1.807) is 7.11 Å². The van der Waals surface area contributed by atoms with E-state index in [2.05, 4.69) is 20.6 Å². The van der Waals surface area contributed by atoms with E-state index >= 15 is 0 Å². The molecule has 0 saturated carbocycles. The number of nitrogens with two attached hydrogens (primary N) is 1. The lowest BCUT2D eigenvalue weighted by Crippen LogP contribution is -2.05. The molecule has 0 unspecified atom stereocenters. The molecule has 0 amide bonds. The third kappa shape index (κ3) is 3.32. The van der Waals surface area contributed by atoms with Crippen molar-refractivity contribution in [3.8, 4) is 5.75 Å². The van der Waals surface area contributed by atoms with Crippen LogP contribution < -0.4 is 21.1 Å². The van der Waals surface area contributed by atoms with Crippen molar-refractivity contribution in [2.45, 2.75) is 0 Å².